The van der Waals surface area contributed by atoms with Gasteiger partial charge in [0, 0.05) is 0 Å². The Labute approximate surface area is 162 Å². The predicted molar refractivity (Wildman–Crippen MR) is 93.2 cm³/mol. The molecule has 4 amide bonds. The Hall–Kier alpha value is -3.07. The van der Waals surface area contributed by atoms with Gasteiger partial charge in [-0.05, 0) is 17.7 Å². The second-order valence-corrected chi connectivity index (χ2v) is 6.40. The van der Waals surface area contributed by atoms with E-state index in [1.807, 2.05) is 0 Å². The molecular formula is C18H13ClF3N3O3. The summed E-state index contributed by atoms with van der Waals surface area (Å²) in [6, 6.07) is 12.1. The molecule has 3 rings (SSSR count). The van der Waals surface area contributed by atoms with Crippen molar-refractivity contribution in [2.75, 3.05) is 0 Å². The number of carbonyl (C=O) groups excluding carboxylic acids is 3. The first-order chi connectivity index (χ1) is 13.2. The molecule has 0 unspecified atom stereocenters. The summed E-state index contributed by atoms with van der Waals surface area (Å²) in [5.74, 6) is -2.88. The van der Waals surface area contributed by atoms with E-state index in [1.54, 1.807) is 41.0 Å². The largest absolute Gasteiger partial charge is 0.440 e. The number of carbonyl (C=O) groups is 3. The van der Waals surface area contributed by atoms with Gasteiger partial charge < -0.3 is 5.32 Å². The van der Waals surface area contributed by atoms with Crippen LogP contribution in [0.5, 0.6) is 0 Å². The number of urea groups is 1. The van der Waals surface area contributed by atoms with Crippen molar-refractivity contribution in [1.29, 1.82) is 0 Å². The van der Waals surface area contributed by atoms with E-state index < -0.39 is 29.7 Å². The Morgan fingerprint density at radius 3 is 2.29 bits per heavy atom. The van der Waals surface area contributed by atoms with Crippen LogP contribution in [-0.2, 0) is 11.3 Å². The third-order valence-electron chi connectivity index (χ3n) is 4.13. The number of nitrogens with zero attached hydrogens (tertiary/aromatic N) is 1. The van der Waals surface area contributed by atoms with Crippen LogP contribution in [0.2, 0.25) is 5.02 Å². The van der Waals surface area contributed by atoms with Crippen LogP contribution in [0.15, 0.2) is 54.6 Å². The molecule has 1 aliphatic heterocycles. The van der Waals surface area contributed by atoms with E-state index in [0.717, 1.165) is 0 Å². The lowest BCUT2D eigenvalue weighted by molar-refractivity contribution is -0.200. The van der Waals surface area contributed by atoms with Crippen molar-refractivity contribution >= 4 is 29.4 Å². The highest BCUT2D eigenvalue weighted by molar-refractivity contribution is 6.34. The molecule has 1 fully saturated rings. The summed E-state index contributed by atoms with van der Waals surface area (Å²) < 4.78 is 41.5. The van der Waals surface area contributed by atoms with Crippen molar-refractivity contribution in [2.45, 2.75) is 18.4 Å². The Balaban J connectivity index is 1.94. The molecule has 0 aliphatic carbocycles. The van der Waals surface area contributed by atoms with Gasteiger partial charge in [-0.25, -0.2) is 4.79 Å². The summed E-state index contributed by atoms with van der Waals surface area (Å²) in [5.41, 5.74) is -3.41. The van der Waals surface area contributed by atoms with Gasteiger partial charge in [-0.3, -0.25) is 19.8 Å². The third-order valence-corrected chi connectivity index (χ3v) is 4.46. The lowest BCUT2D eigenvalue weighted by Gasteiger charge is -2.30. The Bertz CT molecular complexity index is 936. The fourth-order valence-electron chi connectivity index (χ4n) is 2.72. The minimum Gasteiger partial charge on any atom is -0.314 e. The molecule has 28 heavy (non-hydrogen) atoms. The molecule has 1 saturated heterocycles. The molecule has 2 aromatic carbocycles. The van der Waals surface area contributed by atoms with Crippen molar-refractivity contribution in [1.82, 2.24) is 15.5 Å². The molecule has 0 saturated carbocycles. The molecule has 0 bridgehead atoms. The third kappa shape index (κ3) is 3.40. The molecule has 2 aromatic rings. The Morgan fingerprint density at radius 2 is 1.68 bits per heavy atom. The van der Waals surface area contributed by atoms with Crippen molar-refractivity contribution in [3.63, 3.8) is 0 Å². The van der Waals surface area contributed by atoms with Gasteiger partial charge >= 0.3 is 12.2 Å². The first-order valence-electron chi connectivity index (χ1n) is 7.97. The molecule has 0 spiro atoms. The maximum atomic E-state index is 13.8. The molecular weight excluding hydrogens is 399 g/mol. The van der Waals surface area contributed by atoms with Gasteiger partial charge in [0.05, 0.1) is 17.1 Å². The first-order valence-corrected chi connectivity index (χ1v) is 8.35. The van der Waals surface area contributed by atoms with Gasteiger partial charge in [-0.1, -0.05) is 54.1 Å². The van der Waals surface area contributed by atoms with Crippen LogP contribution in [0.4, 0.5) is 18.0 Å². The zero-order valence-electron chi connectivity index (χ0n) is 14.1. The molecule has 1 heterocycles. The average molecular weight is 412 g/mol. The normalized spacial score (nSPS) is 19.5. The van der Waals surface area contributed by atoms with Gasteiger partial charge in [-0.2, -0.15) is 13.2 Å². The van der Waals surface area contributed by atoms with Crippen molar-refractivity contribution in [3.05, 3.63) is 70.7 Å². The minimum atomic E-state index is -5.29. The zero-order valence-corrected chi connectivity index (χ0v) is 14.8. The number of amides is 4. The summed E-state index contributed by atoms with van der Waals surface area (Å²) in [6.45, 7) is -0.384. The number of halogens is 4. The standard InChI is InChI=1S/C18H13ClF3N3O3/c19-13-9-5-4-8-12(13)14(26)23-17(18(20,21)22)15(27)25(16(28)24-17)10-11-6-2-1-3-7-11/h1-9H,10H2,(H,23,26)(H,24,28)/t17-/m1/s1. The highest BCUT2D eigenvalue weighted by Gasteiger charge is 2.68. The number of alkyl halides is 3. The SMILES string of the molecule is O=C(N[C@@]1(C(F)(F)F)NC(=O)N(Cc2ccccc2)C1=O)c1ccccc1Cl. The van der Waals surface area contributed by atoms with Gasteiger partial charge in [-0.15, -0.1) is 0 Å². The van der Waals surface area contributed by atoms with E-state index in [-0.39, 0.29) is 17.1 Å². The predicted octanol–water partition coefficient (Wildman–Crippen LogP) is 3.08. The van der Waals surface area contributed by atoms with E-state index in [2.05, 4.69) is 0 Å². The van der Waals surface area contributed by atoms with E-state index in [0.29, 0.717) is 10.5 Å². The summed E-state index contributed by atoms with van der Waals surface area (Å²) in [5, 5.41) is 3.10. The number of hydrogen-bond acceptors (Lipinski definition) is 3. The van der Waals surface area contributed by atoms with Crippen LogP contribution in [-0.4, -0.2) is 34.6 Å². The second kappa shape index (κ2) is 7.16. The lowest BCUT2D eigenvalue weighted by Crippen LogP contribution is -2.69. The minimum absolute atomic E-state index is 0.102. The van der Waals surface area contributed by atoms with E-state index in [1.165, 1.54) is 24.3 Å². The average Bonchev–Trinajstić information content (AvgIpc) is 2.88. The van der Waals surface area contributed by atoms with Crippen molar-refractivity contribution in [2.24, 2.45) is 0 Å². The first kappa shape index (κ1) is 19.7. The monoisotopic (exact) mass is 411 g/mol. The second-order valence-electron chi connectivity index (χ2n) is 5.99. The fraction of sp³-hybridized carbons (Fsp3) is 0.167. The number of nitrogens with one attached hydrogen (secondary N) is 2. The van der Waals surface area contributed by atoms with Crippen LogP contribution in [0, 0.1) is 0 Å². The van der Waals surface area contributed by atoms with E-state index in [4.69, 9.17) is 11.6 Å². The number of hydrogen-bond donors (Lipinski definition) is 2. The number of benzene rings is 2. The molecule has 1 aliphatic rings. The topological polar surface area (TPSA) is 78.5 Å². The van der Waals surface area contributed by atoms with Gasteiger partial charge in [0.1, 0.15) is 0 Å². The van der Waals surface area contributed by atoms with Gasteiger partial charge in [0.2, 0.25) is 0 Å². The molecule has 0 radical (unpaired) electrons. The van der Waals surface area contributed by atoms with Crippen LogP contribution in [0.3, 0.4) is 0 Å². The van der Waals surface area contributed by atoms with Gasteiger partial charge in [0.15, 0.2) is 0 Å². The van der Waals surface area contributed by atoms with Crippen molar-refractivity contribution in [3.8, 4) is 0 Å². The molecule has 10 heteroatoms. The maximum Gasteiger partial charge on any atom is 0.440 e. The number of rotatable bonds is 4. The summed E-state index contributed by atoms with van der Waals surface area (Å²) in [4.78, 5) is 37.5. The summed E-state index contributed by atoms with van der Waals surface area (Å²) in [6.07, 6.45) is -5.29. The van der Waals surface area contributed by atoms with Crippen LogP contribution in [0.25, 0.3) is 0 Å². The number of imide groups is 1. The van der Waals surface area contributed by atoms with Crippen molar-refractivity contribution < 1.29 is 27.6 Å². The fourth-order valence-corrected chi connectivity index (χ4v) is 2.94. The van der Waals surface area contributed by atoms with Crippen LogP contribution < -0.4 is 10.6 Å². The molecule has 146 valence electrons. The highest BCUT2D eigenvalue weighted by atomic mass is 35.5. The lowest BCUT2D eigenvalue weighted by atomic mass is 10.1. The smallest absolute Gasteiger partial charge is 0.314 e. The summed E-state index contributed by atoms with van der Waals surface area (Å²) >= 11 is 5.84. The summed E-state index contributed by atoms with van der Waals surface area (Å²) in [7, 11) is 0. The van der Waals surface area contributed by atoms with E-state index >= 15 is 0 Å². The van der Waals surface area contributed by atoms with Gasteiger partial charge in [0.25, 0.3) is 17.5 Å². The van der Waals surface area contributed by atoms with Crippen LogP contribution >= 0.6 is 11.6 Å². The molecule has 2 N–H and O–H groups in total. The maximum absolute atomic E-state index is 13.8. The Morgan fingerprint density at radius 1 is 1.07 bits per heavy atom. The molecule has 1 atom stereocenters. The highest BCUT2D eigenvalue weighted by Crippen LogP contribution is 2.35. The molecule has 6 nitrogen and oxygen atoms in total. The van der Waals surface area contributed by atoms with Crippen LogP contribution in [0.1, 0.15) is 15.9 Å². The molecule has 0 aromatic heterocycles. The zero-order chi connectivity index (χ0) is 20.5. The quantitative estimate of drug-likeness (QED) is 0.759. The van der Waals surface area contributed by atoms with E-state index in [9.17, 15) is 27.6 Å². The Kier molecular flexibility index (Phi) is 5.03.